The normalized spacial score (nSPS) is 12.3. The van der Waals surface area contributed by atoms with Gasteiger partial charge in [-0.2, -0.15) is 0 Å². The summed E-state index contributed by atoms with van der Waals surface area (Å²) in [7, 11) is 1.65. The molecule has 98 valence electrons. The van der Waals surface area contributed by atoms with Gasteiger partial charge < -0.3 is 5.32 Å². The largest absolute Gasteiger partial charge is 0.313 e. The molecule has 0 aliphatic carbocycles. The summed E-state index contributed by atoms with van der Waals surface area (Å²) in [4.78, 5) is 15.9. The van der Waals surface area contributed by atoms with Crippen molar-refractivity contribution >= 4 is 11.7 Å². The van der Waals surface area contributed by atoms with Crippen molar-refractivity contribution in [1.82, 2.24) is 10.6 Å². The molecule has 0 aliphatic rings. The summed E-state index contributed by atoms with van der Waals surface area (Å²) in [5.74, 6) is 0.538. The van der Waals surface area contributed by atoms with E-state index in [1.54, 1.807) is 14.0 Å². The third-order valence-electron chi connectivity index (χ3n) is 2.77. The van der Waals surface area contributed by atoms with Crippen LogP contribution in [0.5, 0.6) is 0 Å². The zero-order chi connectivity index (χ0) is 13.6. The maximum Gasteiger partial charge on any atom is 0.244 e. The molecule has 0 atom stereocenters. The van der Waals surface area contributed by atoms with Crippen LogP contribution < -0.4 is 10.6 Å². The molecule has 1 aromatic rings. The third kappa shape index (κ3) is 4.30. The molecule has 4 nitrogen and oxygen atoms in total. The van der Waals surface area contributed by atoms with Crippen LogP contribution in [0.4, 0.5) is 0 Å². The monoisotopic (exact) mass is 247 g/mol. The Morgan fingerprint density at radius 2 is 1.89 bits per heavy atom. The first kappa shape index (κ1) is 14.4. The highest BCUT2D eigenvalue weighted by Crippen LogP contribution is 2.05. The first-order chi connectivity index (χ1) is 8.45. The molecule has 0 spiro atoms. The Balaban J connectivity index is 2.56. The van der Waals surface area contributed by atoms with Crippen LogP contribution >= 0.6 is 0 Å². The number of benzene rings is 1. The lowest BCUT2D eigenvalue weighted by atomic mass is 10.0. The highest BCUT2D eigenvalue weighted by molar-refractivity contribution is 6.00. The second-order valence-corrected chi connectivity index (χ2v) is 4.73. The molecule has 1 rings (SSSR count). The van der Waals surface area contributed by atoms with Gasteiger partial charge >= 0.3 is 0 Å². The molecule has 0 unspecified atom stereocenters. The van der Waals surface area contributed by atoms with Gasteiger partial charge in [-0.25, -0.2) is 0 Å². The number of rotatable bonds is 4. The Morgan fingerprint density at radius 1 is 1.28 bits per heavy atom. The number of nitrogens with zero attached hydrogens (tertiary/aromatic N) is 1. The zero-order valence-electron chi connectivity index (χ0n) is 11.4. The molecule has 0 radical (unpaired) electrons. The van der Waals surface area contributed by atoms with Gasteiger partial charge in [0, 0.05) is 13.6 Å². The van der Waals surface area contributed by atoms with Crippen LogP contribution in [-0.2, 0) is 11.3 Å². The molecule has 0 bridgehead atoms. The average Bonchev–Trinajstić information content (AvgIpc) is 2.37. The summed E-state index contributed by atoms with van der Waals surface area (Å²) < 4.78 is 0. The summed E-state index contributed by atoms with van der Waals surface area (Å²) in [5, 5.41) is 5.99. The topological polar surface area (TPSA) is 53.5 Å². The van der Waals surface area contributed by atoms with Crippen LogP contribution in [0.15, 0.2) is 35.3 Å². The van der Waals surface area contributed by atoms with E-state index < -0.39 is 5.54 Å². The Bertz CT molecular complexity index is 424. The molecule has 0 saturated heterocycles. The minimum Gasteiger partial charge on any atom is -0.313 e. The Kier molecular flexibility index (Phi) is 5.04. The number of nitrogens with one attached hydrogen (secondary N) is 2. The van der Waals surface area contributed by atoms with Crippen molar-refractivity contribution in [1.29, 1.82) is 0 Å². The molecule has 0 aromatic heterocycles. The lowest BCUT2D eigenvalue weighted by Crippen LogP contribution is -2.53. The summed E-state index contributed by atoms with van der Waals surface area (Å²) in [6.45, 7) is 6.14. The molecule has 0 fully saturated rings. The van der Waals surface area contributed by atoms with Gasteiger partial charge in [0.25, 0.3) is 0 Å². The highest BCUT2D eigenvalue weighted by atomic mass is 16.2. The van der Waals surface area contributed by atoms with Gasteiger partial charge in [0.15, 0.2) is 0 Å². The number of amidine groups is 1. The van der Waals surface area contributed by atoms with E-state index in [2.05, 4.69) is 15.6 Å². The maximum absolute atomic E-state index is 12.0. The summed E-state index contributed by atoms with van der Waals surface area (Å²) >= 11 is 0. The molecule has 1 aromatic carbocycles. The Labute approximate surface area is 109 Å². The van der Waals surface area contributed by atoms with E-state index in [0.29, 0.717) is 12.4 Å². The number of carbonyl (C=O) groups is 1. The molecule has 1 amide bonds. The van der Waals surface area contributed by atoms with Crippen molar-refractivity contribution in [2.24, 2.45) is 4.99 Å². The van der Waals surface area contributed by atoms with Crippen LogP contribution in [0, 0.1) is 0 Å². The van der Waals surface area contributed by atoms with E-state index in [1.807, 2.05) is 44.2 Å². The summed E-state index contributed by atoms with van der Waals surface area (Å²) in [6, 6.07) is 10.00. The van der Waals surface area contributed by atoms with E-state index >= 15 is 0 Å². The lowest BCUT2D eigenvalue weighted by Gasteiger charge is -2.25. The molecule has 0 saturated carbocycles. The number of carbonyl (C=O) groups excluding carboxylic acids is 1. The van der Waals surface area contributed by atoms with Gasteiger partial charge in [0.2, 0.25) is 5.91 Å². The van der Waals surface area contributed by atoms with Crippen molar-refractivity contribution in [2.75, 3.05) is 7.05 Å². The SMILES string of the molecule is CN=C(C)NC(=O)C(C)(C)NCc1ccccc1. The van der Waals surface area contributed by atoms with Crippen LogP contribution in [-0.4, -0.2) is 24.3 Å². The lowest BCUT2D eigenvalue weighted by molar-refractivity contribution is -0.125. The fraction of sp³-hybridized carbons (Fsp3) is 0.429. The average molecular weight is 247 g/mol. The third-order valence-corrected chi connectivity index (χ3v) is 2.77. The number of hydrogen-bond acceptors (Lipinski definition) is 3. The standard InChI is InChI=1S/C14H21N3O/c1-11(15-4)17-13(18)14(2,3)16-10-12-8-6-5-7-9-12/h5-9,16H,10H2,1-4H3,(H,15,17,18). The van der Waals surface area contributed by atoms with E-state index in [0.717, 1.165) is 5.56 Å². The molecule has 4 heteroatoms. The molecule has 18 heavy (non-hydrogen) atoms. The minimum atomic E-state index is -0.637. The number of aliphatic imine (C=N–C) groups is 1. The van der Waals surface area contributed by atoms with Crippen LogP contribution in [0.3, 0.4) is 0 Å². The first-order valence-corrected chi connectivity index (χ1v) is 5.99. The van der Waals surface area contributed by atoms with Crippen molar-refractivity contribution in [2.45, 2.75) is 32.9 Å². The first-order valence-electron chi connectivity index (χ1n) is 5.99. The number of hydrogen-bond donors (Lipinski definition) is 2. The van der Waals surface area contributed by atoms with E-state index in [9.17, 15) is 4.79 Å². The molecule has 2 N–H and O–H groups in total. The molecule has 0 aliphatic heterocycles. The Hall–Kier alpha value is -1.68. The molecular weight excluding hydrogens is 226 g/mol. The minimum absolute atomic E-state index is 0.0819. The molecule has 0 heterocycles. The quantitative estimate of drug-likeness (QED) is 0.629. The smallest absolute Gasteiger partial charge is 0.244 e. The van der Waals surface area contributed by atoms with Crippen molar-refractivity contribution in [3.63, 3.8) is 0 Å². The maximum atomic E-state index is 12.0. The highest BCUT2D eigenvalue weighted by Gasteiger charge is 2.26. The van der Waals surface area contributed by atoms with Crippen LogP contribution in [0.1, 0.15) is 26.3 Å². The van der Waals surface area contributed by atoms with Gasteiger partial charge in [-0.15, -0.1) is 0 Å². The second kappa shape index (κ2) is 6.31. The van der Waals surface area contributed by atoms with Crippen molar-refractivity contribution < 1.29 is 4.79 Å². The van der Waals surface area contributed by atoms with E-state index in [1.165, 1.54) is 0 Å². The molecular formula is C14H21N3O. The predicted molar refractivity (Wildman–Crippen MR) is 74.5 cm³/mol. The van der Waals surface area contributed by atoms with E-state index in [-0.39, 0.29) is 5.91 Å². The second-order valence-electron chi connectivity index (χ2n) is 4.73. The van der Waals surface area contributed by atoms with Crippen LogP contribution in [0.25, 0.3) is 0 Å². The van der Waals surface area contributed by atoms with Gasteiger partial charge in [-0.3, -0.25) is 15.1 Å². The van der Waals surface area contributed by atoms with Gasteiger partial charge in [0.1, 0.15) is 0 Å². The van der Waals surface area contributed by atoms with Gasteiger partial charge in [0.05, 0.1) is 11.4 Å². The van der Waals surface area contributed by atoms with Crippen molar-refractivity contribution in [3.8, 4) is 0 Å². The van der Waals surface area contributed by atoms with Crippen LogP contribution in [0.2, 0.25) is 0 Å². The van der Waals surface area contributed by atoms with Gasteiger partial charge in [-0.05, 0) is 26.3 Å². The van der Waals surface area contributed by atoms with Crippen molar-refractivity contribution in [3.05, 3.63) is 35.9 Å². The summed E-state index contributed by atoms with van der Waals surface area (Å²) in [6.07, 6.45) is 0. The number of amides is 1. The predicted octanol–water partition coefficient (Wildman–Crippen LogP) is 1.72. The van der Waals surface area contributed by atoms with E-state index in [4.69, 9.17) is 0 Å². The summed E-state index contributed by atoms with van der Waals surface area (Å²) in [5.41, 5.74) is 0.515. The Morgan fingerprint density at radius 3 is 2.44 bits per heavy atom. The fourth-order valence-corrected chi connectivity index (χ4v) is 1.38. The fourth-order valence-electron chi connectivity index (χ4n) is 1.38. The zero-order valence-corrected chi connectivity index (χ0v) is 11.4. The van der Waals surface area contributed by atoms with Gasteiger partial charge in [-0.1, -0.05) is 30.3 Å².